The summed E-state index contributed by atoms with van der Waals surface area (Å²) in [6, 6.07) is 8.73. The summed E-state index contributed by atoms with van der Waals surface area (Å²) in [5.74, 6) is -1.10. The van der Waals surface area contributed by atoms with Crippen LogP contribution < -0.4 is 0 Å². The quantitative estimate of drug-likeness (QED) is 0.563. The van der Waals surface area contributed by atoms with Gasteiger partial charge in [-0.25, -0.2) is 15.0 Å². The third kappa shape index (κ3) is 3.18. The fourth-order valence-corrected chi connectivity index (χ4v) is 2.99. The second-order valence-electron chi connectivity index (χ2n) is 6.28. The van der Waals surface area contributed by atoms with Crippen molar-refractivity contribution >= 4 is 11.0 Å². The number of pyridine rings is 3. The van der Waals surface area contributed by atoms with E-state index in [2.05, 4.69) is 19.9 Å². The van der Waals surface area contributed by atoms with Crippen LogP contribution in [-0.4, -0.2) is 19.9 Å². The van der Waals surface area contributed by atoms with Crippen LogP contribution in [0.4, 0.5) is 8.78 Å². The molecular weight excluding hydrogens is 334 g/mol. The summed E-state index contributed by atoms with van der Waals surface area (Å²) in [7, 11) is 0. The van der Waals surface area contributed by atoms with E-state index in [9.17, 15) is 8.78 Å². The summed E-state index contributed by atoms with van der Waals surface area (Å²) in [6.45, 7) is 1.97. The largest absolute Gasteiger partial charge is 0.346 e. The third-order valence-corrected chi connectivity index (χ3v) is 4.33. The highest BCUT2D eigenvalue weighted by molar-refractivity contribution is 5.80. The zero-order valence-electron chi connectivity index (χ0n) is 14.1. The Hall–Kier alpha value is -3.15. The van der Waals surface area contributed by atoms with Gasteiger partial charge in [0, 0.05) is 53.6 Å². The minimum atomic E-state index is -0.555. The summed E-state index contributed by atoms with van der Waals surface area (Å²) in [5, 5.41) is 0.978. The number of fused-ring (bicyclic) bond motifs is 1. The minimum absolute atomic E-state index is 0.201. The number of nitrogens with one attached hydrogen (secondary N) is 1. The first-order valence-corrected chi connectivity index (χ1v) is 8.26. The monoisotopic (exact) mass is 350 g/mol. The van der Waals surface area contributed by atoms with Crippen LogP contribution in [0.3, 0.4) is 0 Å². The molecule has 26 heavy (non-hydrogen) atoms. The number of hydrogen-bond acceptors (Lipinski definition) is 3. The van der Waals surface area contributed by atoms with Crippen molar-refractivity contribution in [1.82, 2.24) is 19.9 Å². The molecule has 4 aromatic rings. The predicted octanol–water partition coefficient (Wildman–Crippen LogP) is 4.12. The molecule has 0 saturated heterocycles. The van der Waals surface area contributed by atoms with Gasteiger partial charge in [0.05, 0.1) is 0 Å². The molecule has 1 N–H and O–H groups in total. The predicted molar refractivity (Wildman–Crippen MR) is 94.8 cm³/mol. The van der Waals surface area contributed by atoms with Crippen molar-refractivity contribution in [2.24, 2.45) is 0 Å². The first kappa shape index (κ1) is 16.3. The van der Waals surface area contributed by atoms with Crippen molar-refractivity contribution in [3.63, 3.8) is 0 Å². The number of H-pyrrole nitrogens is 1. The van der Waals surface area contributed by atoms with Crippen LogP contribution in [0.25, 0.3) is 11.0 Å². The van der Waals surface area contributed by atoms with E-state index >= 15 is 0 Å². The number of aromatic amines is 1. The maximum absolute atomic E-state index is 14.5. The van der Waals surface area contributed by atoms with Crippen molar-refractivity contribution < 1.29 is 8.78 Å². The standard InChI is InChI=1S/C20H16F2N4/c1-12-7-17-15(11-25-20(17)24-10-12)8-14-4-5-16(26-19(14)22)9-13-3-2-6-23-18(13)21/h2-7,10-11H,8-9H2,1H3,(H,24,25). The first-order valence-electron chi connectivity index (χ1n) is 8.26. The van der Waals surface area contributed by atoms with Gasteiger partial charge in [0.2, 0.25) is 11.9 Å². The maximum atomic E-state index is 14.5. The van der Waals surface area contributed by atoms with Gasteiger partial charge in [-0.2, -0.15) is 8.78 Å². The molecular formula is C20H16F2N4. The van der Waals surface area contributed by atoms with Gasteiger partial charge in [0.25, 0.3) is 0 Å². The molecule has 4 heterocycles. The fourth-order valence-electron chi connectivity index (χ4n) is 2.99. The van der Waals surface area contributed by atoms with E-state index in [0.717, 1.165) is 22.2 Å². The molecule has 0 fully saturated rings. The Balaban J connectivity index is 1.60. The second-order valence-corrected chi connectivity index (χ2v) is 6.28. The smallest absolute Gasteiger partial charge is 0.216 e. The van der Waals surface area contributed by atoms with E-state index in [-0.39, 0.29) is 6.42 Å². The minimum Gasteiger partial charge on any atom is -0.346 e. The van der Waals surface area contributed by atoms with Crippen molar-refractivity contribution in [1.29, 1.82) is 0 Å². The van der Waals surface area contributed by atoms with Crippen molar-refractivity contribution in [2.75, 3.05) is 0 Å². The molecule has 0 aromatic carbocycles. The van der Waals surface area contributed by atoms with Crippen molar-refractivity contribution in [3.05, 3.63) is 88.8 Å². The lowest BCUT2D eigenvalue weighted by Crippen LogP contribution is -2.02. The van der Waals surface area contributed by atoms with E-state index in [1.165, 1.54) is 6.20 Å². The Labute approximate surface area is 149 Å². The maximum Gasteiger partial charge on any atom is 0.216 e. The van der Waals surface area contributed by atoms with Gasteiger partial charge in [-0.05, 0) is 36.2 Å². The number of hydrogen-bond donors (Lipinski definition) is 1. The molecule has 0 aliphatic heterocycles. The highest BCUT2D eigenvalue weighted by Gasteiger charge is 2.12. The zero-order chi connectivity index (χ0) is 18.1. The lowest BCUT2D eigenvalue weighted by Gasteiger charge is -2.06. The van der Waals surface area contributed by atoms with Crippen LogP contribution in [0.5, 0.6) is 0 Å². The molecule has 130 valence electrons. The van der Waals surface area contributed by atoms with E-state index in [4.69, 9.17) is 0 Å². The Bertz CT molecular complexity index is 1090. The highest BCUT2D eigenvalue weighted by atomic mass is 19.1. The summed E-state index contributed by atoms with van der Waals surface area (Å²) < 4.78 is 28.1. The second kappa shape index (κ2) is 6.63. The van der Waals surface area contributed by atoms with Gasteiger partial charge in [-0.15, -0.1) is 0 Å². The molecule has 4 rings (SSSR count). The van der Waals surface area contributed by atoms with Gasteiger partial charge in [-0.3, -0.25) is 0 Å². The molecule has 0 aliphatic rings. The third-order valence-electron chi connectivity index (χ3n) is 4.33. The molecule has 0 spiro atoms. The van der Waals surface area contributed by atoms with Gasteiger partial charge >= 0.3 is 0 Å². The Kier molecular flexibility index (Phi) is 4.16. The highest BCUT2D eigenvalue weighted by Crippen LogP contribution is 2.22. The number of aromatic nitrogens is 4. The molecule has 0 aliphatic carbocycles. The molecule has 4 nitrogen and oxygen atoms in total. The van der Waals surface area contributed by atoms with Crippen molar-refractivity contribution in [3.8, 4) is 0 Å². The number of nitrogens with zero attached hydrogens (tertiary/aromatic N) is 3. The number of halogens is 2. The average molecular weight is 350 g/mol. The van der Waals surface area contributed by atoms with Crippen LogP contribution in [0.2, 0.25) is 0 Å². The normalized spacial score (nSPS) is 11.2. The van der Waals surface area contributed by atoms with Gasteiger partial charge in [0.15, 0.2) is 0 Å². The zero-order valence-corrected chi connectivity index (χ0v) is 14.1. The molecule has 0 unspecified atom stereocenters. The fraction of sp³-hybridized carbons (Fsp3) is 0.150. The molecule has 4 aromatic heterocycles. The molecule has 0 radical (unpaired) electrons. The summed E-state index contributed by atoms with van der Waals surface area (Å²) in [6.07, 6.45) is 5.62. The van der Waals surface area contributed by atoms with Gasteiger partial charge in [0.1, 0.15) is 5.65 Å². The van der Waals surface area contributed by atoms with Gasteiger partial charge in [-0.1, -0.05) is 12.1 Å². The van der Waals surface area contributed by atoms with E-state index in [1.54, 1.807) is 30.5 Å². The molecule has 0 amide bonds. The number of rotatable bonds is 4. The summed E-state index contributed by atoms with van der Waals surface area (Å²) >= 11 is 0. The van der Waals surface area contributed by atoms with Gasteiger partial charge < -0.3 is 4.98 Å². The summed E-state index contributed by atoms with van der Waals surface area (Å²) in [4.78, 5) is 15.0. The number of aryl methyl sites for hydroxylation is 1. The Morgan fingerprint density at radius 1 is 0.962 bits per heavy atom. The van der Waals surface area contributed by atoms with E-state index < -0.39 is 11.9 Å². The van der Waals surface area contributed by atoms with Crippen molar-refractivity contribution in [2.45, 2.75) is 19.8 Å². The van der Waals surface area contributed by atoms with E-state index in [0.29, 0.717) is 23.2 Å². The molecule has 0 atom stereocenters. The summed E-state index contributed by atoms with van der Waals surface area (Å²) in [5.41, 5.74) is 4.14. The van der Waals surface area contributed by atoms with Crippen LogP contribution in [0, 0.1) is 18.8 Å². The van der Waals surface area contributed by atoms with Crippen LogP contribution in [-0.2, 0) is 12.8 Å². The molecule has 6 heteroatoms. The lowest BCUT2D eigenvalue weighted by molar-refractivity contribution is 0.556. The van der Waals surface area contributed by atoms with Crippen LogP contribution in [0.1, 0.15) is 27.9 Å². The first-order chi connectivity index (χ1) is 12.6. The molecule has 0 bridgehead atoms. The Morgan fingerprint density at radius 2 is 1.81 bits per heavy atom. The molecule has 0 saturated carbocycles. The SMILES string of the molecule is Cc1cnc2[nH]cc(Cc3ccc(Cc4cccnc4F)nc3F)c2c1. The topological polar surface area (TPSA) is 54.5 Å². The average Bonchev–Trinajstić information content (AvgIpc) is 3.01. The van der Waals surface area contributed by atoms with Crippen LogP contribution in [0.15, 0.2) is 48.9 Å². The van der Waals surface area contributed by atoms with Crippen LogP contribution >= 0.6 is 0 Å². The van der Waals surface area contributed by atoms with E-state index in [1.807, 2.05) is 19.2 Å². The lowest BCUT2D eigenvalue weighted by atomic mass is 10.0. The Morgan fingerprint density at radius 3 is 2.62 bits per heavy atom.